The monoisotopic (exact) mass is 1310 g/mol. The van der Waals surface area contributed by atoms with Crippen molar-refractivity contribution in [1.29, 1.82) is 0 Å². The van der Waals surface area contributed by atoms with E-state index in [9.17, 15) is 0 Å². The van der Waals surface area contributed by atoms with E-state index < -0.39 is 5.41 Å². The van der Waals surface area contributed by atoms with Crippen LogP contribution in [0.15, 0.2) is 376 Å². The minimum Gasteiger partial charge on any atom is -0.308 e. The van der Waals surface area contributed by atoms with Crippen molar-refractivity contribution in [3.63, 3.8) is 0 Å². The lowest BCUT2D eigenvalue weighted by atomic mass is 9.81. The lowest BCUT2D eigenvalue weighted by Gasteiger charge is -2.35. The van der Waals surface area contributed by atoms with Crippen LogP contribution in [0.4, 0.5) is 34.1 Å². The zero-order chi connectivity index (χ0) is 68.3. The Morgan fingerprint density at radius 2 is 0.456 bits per heavy atom. The lowest BCUT2D eigenvalue weighted by Crippen LogP contribution is -2.19. The van der Waals surface area contributed by atoms with Crippen molar-refractivity contribution in [3.05, 3.63) is 387 Å². The van der Waals surface area contributed by atoms with Crippen molar-refractivity contribution in [2.45, 2.75) is 19.3 Å². The minimum absolute atomic E-state index is 0.551. The van der Waals surface area contributed by atoms with E-state index in [2.05, 4.69) is 400 Å². The van der Waals surface area contributed by atoms with Crippen molar-refractivity contribution < 1.29 is 0 Å². The summed E-state index contributed by atoms with van der Waals surface area (Å²) in [6.07, 6.45) is 0. The summed E-state index contributed by atoms with van der Waals surface area (Å²) in [6.45, 7) is 4.94. The van der Waals surface area contributed by atoms with Gasteiger partial charge in [-0.15, -0.1) is 0 Å². The Morgan fingerprint density at radius 1 is 0.184 bits per heavy atom. The summed E-state index contributed by atoms with van der Waals surface area (Å²) in [4.78, 5) is 5.36. The quantitative estimate of drug-likeness (QED) is 0.119. The largest absolute Gasteiger partial charge is 0.308 e. The van der Waals surface area contributed by atoms with Gasteiger partial charge in [0.15, 0.2) is 0 Å². The lowest BCUT2D eigenvalue weighted by molar-refractivity contribution is 0.660. The van der Waals surface area contributed by atoms with Gasteiger partial charge in [-0.2, -0.15) is 0 Å². The van der Waals surface area contributed by atoms with Gasteiger partial charge < -0.3 is 9.80 Å². The van der Waals surface area contributed by atoms with Gasteiger partial charge in [-0.05, 0) is 139 Å². The predicted molar refractivity (Wildman–Crippen MR) is 441 cm³/mol. The maximum atomic E-state index is 2.71. The first-order chi connectivity index (χ1) is 50.9. The molecule has 0 aromatic heterocycles. The van der Waals surface area contributed by atoms with E-state index in [1.165, 1.54) is 97.7 Å². The molecule has 482 valence electrons. The fraction of sp³-hybridized carbons (Fsp3) is 0.0297. The van der Waals surface area contributed by atoms with Crippen molar-refractivity contribution in [1.82, 2.24) is 0 Å². The Bertz CT molecular complexity index is 6290. The number of hydrogen-bond acceptors (Lipinski definition) is 2. The summed E-state index contributed by atoms with van der Waals surface area (Å²) in [6, 6.07) is 141. The zero-order valence-electron chi connectivity index (χ0n) is 57.2. The van der Waals surface area contributed by atoms with E-state index >= 15 is 0 Å². The van der Waals surface area contributed by atoms with Gasteiger partial charge in [0.1, 0.15) is 0 Å². The maximum absolute atomic E-state index is 2.71. The number of fused-ring (bicyclic) bond motifs is 15. The van der Waals surface area contributed by atoms with E-state index in [-0.39, 0.29) is 0 Å². The van der Waals surface area contributed by atoms with Gasteiger partial charge in [-0.1, -0.05) is 366 Å². The first kappa shape index (κ1) is 59.9. The fourth-order valence-corrected chi connectivity index (χ4v) is 17.3. The van der Waals surface area contributed by atoms with Crippen LogP contribution in [-0.2, 0) is 5.41 Å². The molecule has 0 atom stereocenters. The molecule has 2 nitrogen and oxygen atoms in total. The summed E-state index contributed by atoms with van der Waals surface area (Å²) in [5.41, 5.74) is 22.5. The van der Waals surface area contributed by atoms with Crippen LogP contribution in [0.2, 0.25) is 0 Å². The van der Waals surface area contributed by atoms with Gasteiger partial charge in [0.25, 0.3) is 0 Å². The number of nitrogens with zero attached hydrogens (tertiary/aromatic N) is 2. The Labute approximate surface area is 599 Å². The molecular weight excluding hydrogens is 1240 g/mol. The molecule has 0 bridgehead atoms. The highest BCUT2D eigenvalue weighted by Crippen LogP contribution is 2.60. The van der Waals surface area contributed by atoms with Gasteiger partial charge in [-0.25, -0.2) is 0 Å². The van der Waals surface area contributed by atoms with Crippen molar-refractivity contribution >= 4 is 120 Å². The second kappa shape index (κ2) is 24.1. The van der Waals surface area contributed by atoms with Crippen LogP contribution in [-0.4, -0.2) is 0 Å². The van der Waals surface area contributed by atoms with Gasteiger partial charge in [0.05, 0.1) is 28.4 Å². The smallest absolute Gasteiger partial charge is 0.0619 e. The zero-order valence-corrected chi connectivity index (χ0v) is 57.2. The number of rotatable bonds is 11. The standard InChI is InChI=1S/C101H68N2/c1-101(2)94-62-74(102(97-79(65-26-8-3-9-27-65)54-58-83-75-40-22-18-36-70(75)44-49-88(83)97)98-80(66-28-10-4-11-29-66)55-59-84-76-41-23-19-37-71(76)45-50-89(84)98)48-53-87(94)93-63-92(69-34-16-7-17-35-69)96(64-95(93)101)103(99-81(67-30-12-5-13-31-67)56-60-85-77-42-24-20-38-72(77)46-51-90(85)99)100-82(68-32-14-6-15-33-68)57-61-86-78-43-25-21-39-73(78)47-52-91(86)100/h3-64H,1-2H3. The van der Waals surface area contributed by atoms with E-state index in [4.69, 9.17) is 0 Å². The minimum atomic E-state index is -0.551. The summed E-state index contributed by atoms with van der Waals surface area (Å²) in [5, 5.41) is 19.2. The van der Waals surface area contributed by atoms with E-state index in [1.54, 1.807) is 0 Å². The molecule has 0 radical (unpaired) electrons. The topological polar surface area (TPSA) is 6.48 Å². The normalized spacial score (nSPS) is 12.4. The molecule has 20 rings (SSSR count). The summed E-state index contributed by atoms with van der Waals surface area (Å²) < 4.78 is 0. The molecule has 1 aliphatic carbocycles. The maximum Gasteiger partial charge on any atom is 0.0619 e. The van der Waals surface area contributed by atoms with Crippen LogP contribution < -0.4 is 9.80 Å². The summed E-state index contributed by atoms with van der Waals surface area (Å²) in [5.74, 6) is 0. The molecule has 19 aromatic carbocycles. The summed E-state index contributed by atoms with van der Waals surface area (Å²) >= 11 is 0. The van der Waals surface area contributed by atoms with Gasteiger partial charge in [0.2, 0.25) is 0 Å². The molecule has 0 heterocycles. The van der Waals surface area contributed by atoms with Crippen LogP contribution in [0, 0.1) is 0 Å². The molecule has 1 aliphatic rings. The van der Waals surface area contributed by atoms with Crippen LogP contribution in [0.25, 0.3) is 153 Å². The first-order valence-corrected chi connectivity index (χ1v) is 35.9. The molecule has 0 saturated heterocycles. The average Bonchev–Trinajstić information content (AvgIpc) is 1.68. The first-order valence-electron chi connectivity index (χ1n) is 35.9. The molecule has 0 fully saturated rings. The second-order valence-electron chi connectivity index (χ2n) is 28.1. The SMILES string of the molecule is CC1(C)c2cc(N(c3c(-c4ccccc4)ccc4c3ccc3ccccc34)c3c(-c4ccccc4)ccc4c3ccc3ccccc34)ccc2-c2cc(-c3ccccc3)c(N(c3c(-c4ccccc4)ccc4c3ccc3ccccc34)c3c(-c4ccccc4)ccc4c3ccc3ccccc34)cc21. The number of benzene rings is 19. The third kappa shape index (κ3) is 9.63. The Morgan fingerprint density at radius 3 is 0.796 bits per heavy atom. The highest BCUT2D eigenvalue weighted by molar-refractivity contribution is 6.24. The van der Waals surface area contributed by atoms with Crippen molar-refractivity contribution in [2.75, 3.05) is 9.80 Å². The average molecular weight is 1310 g/mol. The Kier molecular flexibility index (Phi) is 14.0. The van der Waals surface area contributed by atoms with Crippen LogP contribution in [0.1, 0.15) is 25.0 Å². The fourth-order valence-electron chi connectivity index (χ4n) is 17.3. The third-order valence-corrected chi connectivity index (χ3v) is 22.2. The Hall–Kier alpha value is -13.1. The summed E-state index contributed by atoms with van der Waals surface area (Å²) in [7, 11) is 0. The van der Waals surface area contributed by atoms with Crippen molar-refractivity contribution in [2.24, 2.45) is 0 Å². The van der Waals surface area contributed by atoms with E-state index in [1.807, 2.05) is 0 Å². The number of anilines is 6. The highest BCUT2D eigenvalue weighted by Gasteiger charge is 2.40. The van der Waals surface area contributed by atoms with Crippen molar-refractivity contribution in [3.8, 4) is 66.8 Å². The molecule has 0 amide bonds. The molecule has 0 unspecified atom stereocenters. The molecule has 0 spiro atoms. The van der Waals surface area contributed by atoms with Gasteiger partial charge in [-0.3, -0.25) is 0 Å². The molecular formula is C101H68N2. The molecule has 19 aromatic rings. The van der Waals surface area contributed by atoms with E-state index in [0.29, 0.717) is 0 Å². The second-order valence-corrected chi connectivity index (χ2v) is 28.1. The predicted octanol–water partition coefficient (Wildman–Crippen LogP) is 28.5. The third-order valence-electron chi connectivity index (χ3n) is 22.2. The molecule has 0 N–H and O–H groups in total. The Balaban J connectivity index is 0.905. The molecule has 2 heteroatoms. The highest BCUT2D eigenvalue weighted by atomic mass is 15.2. The molecule has 0 saturated carbocycles. The van der Waals surface area contributed by atoms with Crippen LogP contribution in [0.3, 0.4) is 0 Å². The molecule has 103 heavy (non-hydrogen) atoms. The van der Waals surface area contributed by atoms with Crippen LogP contribution >= 0.6 is 0 Å². The van der Waals surface area contributed by atoms with Crippen LogP contribution in [0.5, 0.6) is 0 Å². The number of hydrogen-bond donors (Lipinski definition) is 0. The van der Waals surface area contributed by atoms with Gasteiger partial charge in [0, 0.05) is 60.5 Å². The molecule has 0 aliphatic heterocycles. The van der Waals surface area contributed by atoms with Gasteiger partial charge >= 0.3 is 0 Å². The van der Waals surface area contributed by atoms with E-state index in [0.717, 1.165) is 101 Å².